The molecular formula is C7H4Br2N4S. The van der Waals surface area contributed by atoms with Crippen molar-refractivity contribution in [3.05, 3.63) is 31.9 Å². The second kappa shape index (κ2) is 3.92. The molecule has 2 aromatic rings. The van der Waals surface area contributed by atoms with Gasteiger partial charge in [0.15, 0.2) is 0 Å². The number of H-pyrrole nitrogens is 1. The van der Waals surface area contributed by atoms with E-state index in [2.05, 4.69) is 47.4 Å². The van der Waals surface area contributed by atoms with Crippen LogP contribution in [0, 0.1) is 4.77 Å². The number of tetrazole rings is 1. The predicted octanol–water partition coefficient (Wildman–Crippen LogP) is 2.85. The average Bonchev–Trinajstić information content (AvgIpc) is 2.52. The molecular weight excluding hydrogens is 332 g/mol. The molecule has 0 amide bonds. The average molecular weight is 336 g/mol. The molecule has 1 aromatic carbocycles. The second-order valence-electron chi connectivity index (χ2n) is 2.49. The van der Waals surface area contributed by atoms with Gasteiger partial charge >= 0.3 is 0 Å². The number of nitrogens with one attached hydrogen (secondary N) is 1. The molecule has 0 saturated heterocycles. The minimum Gasteiger partial charge on any atom is -0.207 e. The first kappa shape index (κ1) is 10.0. The van der Waals surface area contributed by atoms with Crippen LogP contribution in [-0.4, -0.2) is 20.2 Å². The van der Waals surface area contributed by atoms with E-state index in [0.29, 0.717) is 4.77 Å². The topological polar surface area (TPSA) is 46.5 Å². The number of benzene rings is 1. The Morgan fingerprint density at radius 1 is 1.29 bits per heavy atom. The van der Waals surface area contributed by atoms with E-state index in [9.17, 15) is 0 Å². The van der Waals surface area contributed by atoms with Crippen LogP contribution in [0.5, 0.6) is 0 Å². The van der Waals surface area contributed by atoms with Gasteiger partial charge in [-0.05, 0) is 56.2 Å². The minimum absolute atomic E-state index is 0.387. The fourth-order valence-corrected chi connectivity index (χ4v) is 2.57. The van der Waals surface area contributed by atoms with E-state index in [1.807, 2.05) is 18.2 Å². The summed E-state index contributed by atoms with van der Waals surface area (Å²) in [7, 11) is 0. The number of rotatable bonds is 1. The van der Waals surface area contributed by atoms with Crippen LogP contribution in [0.15, 0.2) is 27.1 Å². The summed E-state index contributed by atoms with van der Waals surface area (Å²) in [6.45, 7) is 0. The Morgan fingerprint density at radius 3 is 2.43 bits per heavy atom. The SMILES string of the molecule is S=c1nn[nH]n1-c1c(Br)cccc1Br. The van der Waals surface area contributed by atoms with Gasteiger partial charge in [0.25, 0.3) is 0 Å². The number of hydrogen-bond donors (Lipinski definition) is 1. The van der Waals surface area contributed by atoms with Gasteiger partial charge in [0, 0.05) is 8.95 Å². The van der Waals surface area contributed by atoms with Crippen LogP contribution in [-0.2, 0) is 0 Å². The van der Waals surface area contributed by atoms with Crippen LogP contribution in [0.1, 0.15) is 0 Å². The second-order valence-corrected chi connectivity index (χ2v) is 4.56. The standard InChI is InChI=1S/C7H4Br2N4S/c8-4-2-1-3-5(9)6(4)13-7(14)10-11-12-13/h1-3H,(H,10,12,14). The Bertz CT molecular complexity index is 498. The molecule has 14 heavy (non-hydrogen) atoms. The van der Waals surface area contributed by atoms with Crippen molar-refractivity contribution in [2.75, 3.05) is 0 Å². The van der Waals surface area contributed by atoms with Crippen molar-refractivity contribution in [2.24, 2.45) is 0 Å². The van der Waals surface area contributed by atoms with Crippen molar-refractivity contribution in [3.8, 4) is 5.69 Å². The number of nitrogens with zero attached hydrogens (tertiary/aromatic N) is 3. The summed E-state index contributed by atoms with van der Waals surface area (Å²) in [4.78, 5) is 0. The third-order valence-corrected chi connectivity index (χ3v) is 3.18. The summed E-state index contributed by atoms with van der Waals surface area (Å²) < 4.78 is 3.82. The van der Waals surface area contributed by atoms with Crippen LogP contribution in [0.3, 0.4) is 0 Å². The molecule has 0 unspecified atom stereocenters. The van der Waals surface area contributed by atoms with E-state index in [1.165, 1.54) is 0 Å². The van der Waals surface area contributed by atoms with Gasteiger partial charge in [0.05, 0.1) is 5.69 Å². The lowest BCUT2D eigenvalue weighted by molar-refractivity contribution is 0.781. The first-order valence-corrected chi connectivity index (χ1v) is 5.64. The molecule has 2 rings (SSSR count). The third kappa shape index (κ3) is 1.67. The quantitative estimate of drug-likeness (QED) is 0.815. The molecule has 0 aliphatic carbocycles. The van der Waals surface area contributed by atoms with Crippen molar-refractivity contribution < 1.29 is 0 Å². The van der Waals surface area contributed by atoms with Crippen molar-refractivity contribution in [1.82, 2.24) is 20.2 Å². The van der Waals surface area contributed by atoms with Gasteiger partial charge in [-0.15, -0.1) is 0 Å². The number of aromatic nitrogens is 4. The van der Waals surface area contributed by atoms with Crippen molar-refractivity contribution in [3.63, 3.8) is 0 Å². The first-order valence-electron chi connectivity index (χ1n) is 3.64. The Labute approximate surface area is 102 Å². The largest absolute Gasteiger partial charge is 0.242 e. The number of halogens is 2. The highest BCUT2D eigenvalue weighted by atomic mass is 79.9. The van der Waals surface area contributed by atoms with E-state index in [4.69, 9.17) is 12.2 Å². The van der Waals surface area contributed by atoms with Crippen LogP contribution in [0.4, 0.5) is 0 Å². The molecule has 72 valence electrons. The fourth-order valence-electron chi connectivity index (χ4n) is 1.05. The van der Waals surface area contributed by atoms with Crippen molar-refractivity contribution in [2.45, 2.75) is 0 Å². The van der Waals surface area contributed by atoms with Gasteiger partial charge in [-0.3, -0.25) is 0 Å². The van der Waals surface area contributed by atoms with E-state index in [1.54, 1.807) is 4.68 Å². The van der Waals surface area contributed by atoms with Gasteiger partial charge in [-0.25, -0.2) is 4.68 Å². The van der Waals surface area contributed by atoms with Gasteiger partial charge in [-0.2, -0.15) is 5.21 Å². The number of hydrogen-bond acceptors (Lipinski definition) is 3. The minimum atomic E-state index is 0.387. The van der Waals surface area contributed by atoms with Gasteiger partial charge < -0.3 is 0 Å². The fraction of sp³-hybridized carbons (Fsp3) is 0. The smallest absolute Gasteiger partial charge is 0.207 e. The molecule has 1 heterocycles. The lowest BCUT2D eigenvalue weighted by atomic mass is 10.3. The number of para-hydroxylation sites is 1. The highest BCUT2D eigenvalue weighted by Crippen LogP contribution is 2.28. The van der Waals surface area contributed by atoms with E-state index in [-0.39, 0.29) is 0 Å². The van der Waals surface area contributed by atoms with E-state index < -0.39 is 0 Å². The zero-order chi connectivity index (χ0) is 10.1. The molecule has 0 bridgehead atoms. The predicted molar refractivity (Wildman–Crippen MR) is 61.9 cm³/mol. The van der Waals surface area contributed by atoms with Crippen molar-refractivity contribution >= 4 is 44.1 Å². The van der Waals surface area contributed by atoms with E-state index >= 15 is 0 Å². The monoisotopic (exact) mass is 334 g/mol. The molecule has 0 spiro atoms. The Balaban J connectivity index is 2.74. The molecule has 0 fully saturated rings. The molecule has 0 radical (unpaired) electrons. The molecule has 0 aliphatic rings. The van der Waals surface area contributed by atoms with Crippen LogP contribution >= 0.6 is 44.1 Å². The molecule has 1 N–H and O–H groups in total. The van der Waals surface area contributed by atoms with Crippen LogP contribution < -0.4 is 0 Å². The maximum atomic E-state index is 5.00. The van der Waals surface area contributed by atoms with Gasteiger partial charge in [0.1, 0.15) is 0 Å². The Morgan fingerprint density at radius 2 is 1.93 bits per heavy atom. The highest BCUT2D eigenvalue weighted by Gasteiger charge is 2.08. The molecule has 4 nitrogen and oxygen atoms in total. The van der Waals surface area contributed by atoms with Crippen LogP contribution in [0.2, 0.25) is 0 Å². The zero-order valence-electron chi connectivity index (χ0n) is 6.74. The maximum Gasteiger partial charge on any atom is 0.242 e. The maximum absolute atomic E-state index is 5.00. The molecule has 0 atom stereocenters. The van der Waals surface area contributed by atoms with Crippen LogP contribution in [0.25, 0.3) is 5.69 Å². The number of aromatic amines is 1. The summed E-state index contributed by atoms with van der Waals surface area (Å²) in [5.41, 5.74) is 0.863. The zero-order valence-corrected chi connectivity index (χ0v) is 10.7. The highest BCUT2D eigenvalue weighted by molar-refractivity contribution is 9.11. The lowest BCUT2D eigenvalue weighted by Gasteiger charge is -2.05. The third-order valence-electron chi connectivity index (χ3n) is 1.63. The van der Waals surface area contributed by atoms with E-state index in [0.717, 1.165) is 14.6 Å². The normalized spacial score (nSPS) is 10.4. The Kier molecular flexibility index (Phi) is 2.80. The summed E-state index contributed by atoms with van der Waals surface area (Å²) in [6.07, 6.45) is 0. The molecule has 1 aromatic heterocycles. The summed E-state index contributed by atoms with van der Waals surface area (Å²) >= 11 is 11.9. The van der Waals surface area contributed by atoms with Gasteiger partial charge in [0.2, 0.25) is 4.77 Å². The molecule has 7 heteroatoms. The lowest BCUT2D eigenvalue weighted by Crippen LogP contribution is -1.99. The summed E-state index contributed by atoms with van der Waals surface area (Å²) in [5, 5.41) is 10.0. The first-order chi connectivity index (χ1) is 6.70. The molecule has 0 saturated carbocycles. The van der Waals surface area contributed by atoms with Gasteiger partial charge in [-0.1, -0.05) is 16.4 Å². The molecule has 0 aliphatic heterocycles. The van der Waals surface area contributed by atoms with Crippen molar-refractivity contribution in [1.29, 1.82) is 0 Å². The summed E-state index contributed by atoms with van der Waals surface area (Å²) in [6, 6.07) is 5.76. The Hall–Kier alpha value is -0.530. The summed E-state index contributed by atoms with van der Waals surface area (Å²) in [5.74, 6) is 0.